The van der Waals surface area contributed by atoms with Crippen molar-refractivity contribution >= 4 is 33.1 Å². The molecule has 3 nitrogen and oxygen atoms in total. The Bertz CT molecular complexity index is 438. The Labute approximate surface area is 107 Å². The zero-order valence-corrected chi connectivity index (χ0v) is 12.2. The van der Waals surface area contributed by atoms with Gasteiger partial charge in [-0.2, -0.15) is 4.40 Å². The standard InChI is InChI=1S/C11H15BrN2OS/c1-8-5-9(12)10(13-6-8)7-14-16(15)11(2,3)4/h5-7H,1-4H3/t16-/m0/s1. The third-order valence-electron chi connectivity index (χ3n) is 1.80. The zero-order chi connectivity index (χ0) is 12.3. The first-order valence-corrected chi connectivity index (χ1v) is 6.79. The summed E-state index contributed by atoms with van der Waals surface area (Å²) < 4.78 is 16.2. The minimum Gasteiger partial charge on any atom is -0.254 e. The van der Waals surface area contributed by atoms with Crippen LogP contribution in [0, 0.1) is 6.92 Å². The fraction of sp³-hybridized carbons (Fsp3) is 0.455. The number of nitrogens with zero attached hydrogens (tertiary/aromatic N) is 2. The van der Waals surface area contributed by atoms with Gasteiger partial charge in [-0.05, 0) is 55.3 Å². The molecule has 1 heterocycles. The largest absolute Gasteiger partial charge is 0.254 e. The van der Waals surface area contributed by atoms with Gasteiger partial charge < -0.3 is 0 Å². The highest BCUT2D eigenvalue weighted by molar-refractivity contribution is 9.10. The van der Waals surface area contributed by atoms with Crippen molar-refractivity contribution in [2.75, 3.05) is 0 Å². The molecule has 0 N–H and O–H groups in total. The van der Waals surface area contributed by atoms with Gasteiger partial charge in [0.2, 0.25) is 0 Å². The number of rotatable bonds is 2. The summed E-state index contributed by atoms with van der Waals surface area (Å²) in [6.07, 6.45) is 3.30. The van der Waals surface area contributed by atoms with E-state index in [0.717, 1.165) is 10.0 Å². The Morgan fingerprint density at radius 2 is 2.12 bits per heavy atom. The molecule has 0 spiro atoms. The molecule has 0 saturated heterocycles. The van der Waals surface area contributed by atoms with Gasteiger partial charge >= 0.3 is 0 Å². The van der Waals surface area contributed by atoms with Crippen LogP contribution in [0.1, 0.15) is 32.0 Å². The lowest BCUT2D eigenvalue weighted by atomic mass is 10.3. The van der Waals surface area contributed by atoms with Crippen LogP contribution in [0.5, 0.6) is 0 Å². The Balaban J connectivity index is 2.89. The number of hydrogen-bond acceptors (Lipinski definition) is 2. The molecule has 0 saturated carbocycles. The fourth-order valence-electron chi connectivity index (χ4n) is 0.895. The number of aryl methyl sites for hydroxylation is 1. The summed E-state index contributed by atoms with van der Waals surface area (Å²) in [5.41, 5.74) is 1.77. The molecule has 0 radical (unpaired) electrons. The lowest BCUT2D eigenvalue weighted by molar-refractivity contribution is 0.651. The summed E-state index contributed by atoms with van der Waals surface area (Å²) in [6, 6.07) is 1.95. The summed E-state index contributed by atoms with van der Waals surface area (Å²) in [6.45, 7) is 7.63. The van der Waals surface area contributed by atoms with Crippen molar-refractivity contribution in [2.45, 2.75) is 32.4 Å². The Kier molecular flexibility index (Phi) is 4.38. The molecule has 1 aromatic heterocycles. The minimum absolute atomic E-state index is 0.340. The van der Waals surface area contributed by atoms with E-state index in [-0.39, 0.29) is 4.75 Å². The van der Waals surface area contributed by atoms with Crippen LogP contribution < -0.4 is 0 Å². The van der Waals surface area contributed by atoms with Gasteiger partial charge in [-0.1, -0.05) is 0 Å². The van der Waals surface area contributed by atoms with Crippen LogP contribution >= 0.6 is 15.9 Å². The van der Waals surface area contributed by atoms with Crippen molar-refractivity contribution in [1.29, 1.82) is 0 Å². The predicted octanol–water partition coefficient (Wildman–Crippen LogP) is 3.03. The van der Waals surface area contributed by atoms with E-state index in [0.29, 0.717) is 5.69 Å². The molecule has 0 unspecified atom stereocenters. The maximum atomic E-state index is 11.7. The molecule has 1 aromatic rings. The number of pyridine rings is 1. The number of hydrogen-bond donors (Lipinski definition) is 0. The van der Waals surface area contributed by atoms with E-state index in [1.165, 1.54) is 0 Å². The highest BCUT2D eigenvalue weighted by Gasteiger charge is 2.18. The van der Waals surface area contributed by atoms with Crippen LogP contribution in [0.3, 0.4) is 0 Å². The summed E-state index contributed by atoms with van der Waals surface area (Å²) in [5.74, 6) is 0. The Hall–Kier alpha value is -0.550. The van der Waals surface area contributed by atoms with Crippen molar-refractivity contribution in [1.82, 2.24) is 4.98 Å². The zero-order valence-electron chi connectivity index (χ0n) is 9.82. The Morgan fingerprint density at radius 1 is 1.50 bits per heavy atom. The van der Waals surface area contributed by atoms with Crippen LogP contribution in [-0.4, -0.2) is 20.2 Å². The smallest absolute Gasteiger partial charge is 0.144 e. The first kappa shape index (κ1) is 13.5. The normalized spacial score (nSPS) is 14.3. The molecule has 1 atom stereocenters. The van der Waals surface area contributed by atoms with Gasteiger partial charge in [-0.15, -0.1) is 0 Å². The average Bonchev–Trinajstić information content (AvgIpc) is 2.14. The van der Waals surface area contributed by atoms with Crippen LogP contribution in [0.15, 0.2) is 21.1 Å². The third kappa shape index (κ3) is 3.79. The lowest BCUT2D eigenvalue weighted by Gasteiger charge is -2.12. The van der Waals surface area contributed by atoms with Gasteiger partial charge in [-0.25, -0.2) is 4.21 Å². The van der Waals surface area contributed by atoms with E-state index >= 15 is 0 Å². The maximum absolute atomic E-state index is 11.7. The molecule has 5 heteroatoms. The van der Waals surface area contributed by atoms with E-state index in [4.69, 9.17) is 0 Å². The monoisotopic (exact) mass is 302 g/mol. The van der Waals surface area contributed by atoms with Gasteiger partial charge in [0.05, 0.1) is 16.7 Å². The van der Waals surface area contributed by atoms with Gasteiger partial charge in [0.25, 0.3) is 0 Å². The fourth-order valence-corrected chi connectivity index (χ4v) is 1.97. The predicted molar refractivity (Wildman–Crippen MR) is 72.2 cm³/mol. The molecule has 88 valence electrons. The van der Waals surface area contributed by atoms with E-state index < -0.39 is 11.0 Å². The van der Waals surface area contributed by atoms with E-state index in [9.17, 15) is 4.21 Å². The third-order valence-corrected chi connectivity index (χ3v) is 3.78. The van der Waals surface area contributed by atoms with Gasteiger partial charge in [0.15, 0.2) is 0 Å². The number of aromatic nitrogens is 1. The second-order valence-corrected chi connectivity index (χ2v) is 7.26. The van der Waals surface area contributed by atoms with Crippen molar-refractivity contribution in [2.24, 2.45) is 4.40 Å². The summed E-state index contributed by atoms with van der Waals surface area (Å²) in [7, 11) is -1.24. The Morgan fingerprint density at radius 3 is 2.62 bits per heavy atom. The summed E-state index contributed by atoms with van der Waals surface area (Å²) >= 11 is 3.39. The topological polar surface area (TPSA) is 42.3 Å². The molecular weight excluding hydrogens is 288 g/mol. The van der Waals surface area contributed by atoms with Gasteiger partial charge in [0.1, 0.15) is 11.0 Å². The molecule has 0 bridgehead atoms. The molecule has 0 aliphatic heterocycles. The molecule has 0 amide bonds. The van der Waals surface area contributed by atoms with Crippen LogP contribution in [0.2, 0.25) is 0 Å². The maximum Gasteiger partial charge on any atom is 0.144 e. The van der Waals surface area contributed by atoms with E-state index in [1.54, 1.807) is 12.4 Å². The lowest BCUT2D eigenvalue weighted by Crippen LogP contribution is -2.19. The molecule has 16 heavy (non-hydrogen) atoms. The molecule has 0 aliphatic carbocycles. The van der Waals surface area contributed by atoms with Crippen LogP contribution in [0.4, 0.5) is 0 Å². The van der Waals surface area contributed by atoms with Gasteiger partial charge in [0, 0.05) is 10.7 Å². The van der Waals surface area contributed by atoms with Crippen molar-refractivity contribution in [3.63, 3.8) is 0 Å². The first-order valence-electron chi connectivity index (χ1n) is 4.89. The van der Waals surface area contributed by atoms with Crippen LogP contribution in [-0.2, 0) is 11.0 Å². The molecular formula is C11H15BrN2OS. The molecule has 0 fully saturated rings. The molecule has 0 aliphatic rings. The van der Waals surface area contributed by atoms with Crippen LogP contribution in [0.25, 0.3) is 0 Å². The quantitative estimate of drug-likeness (QED) is 0.788. The van der Waals surface area contributed by atoms with Crippen molar-refractivity contribution in [3.8, 4) is 0 Å². The van der Waals surface area contributed by atoms with Crippen molar-refractivity contribution < 1.29 is 4.21 Å². The summed E-state index contributed by atoms with van der Waals surface area (Å²) in [4.78, 5) is 4.20. The minimum atomic E-state index is -1.24. The average molecular weight is 303 g/mol. The van der Waals surface area contributed by atoms with Crippen molar-refractivity contribution in [3.05, 3.63) is 28.0 Å². The highest BCUT2D eigenvalue weighted by atomic mass is 79.9. The molecule has 1 rings (SSSR count). The SMILES string of the molecule is Cc1cnc(C=N[S@@](=O)C(C)(C)C)c(Br)c1. The second-order valence-electron chi connectivity index (χ2n) is 4.48. The summed E-state index contributed by atoms with van der Waals surface area (Å²) in [5, 5.41) is 0. The van der Waals surface area contributed by atoms with E-state index in [2.05, 4.69) is 25.3 Å². The van der Waals surface area contributed by atoms with E-state index in [1.807, 2.05) is 33.8 Å². The van der Waals surface area contributed by atoms with Gasteiger partial charge in [-0.3, -0.25) is 4.98 Å². The molecule has 0 aromatic carbocycles. The second kappa shape index (κ2) is 5.19. The first-order chi connectivity index (χ1) is 7.30. The number of halogens is 1. The highest BCUT2D eigenvalue weighted by Crippen LogP contribution is 2.16.